The molecule has 3 rings (SSSR count). The van der Waals surface area contributed by atoms with Gasteiger partial charge in [-0.05, 0) is 35.9 Å². The van der Waals surface area contributed by atoms with Crippen molar-refractivity contribution in [1.82, 2.24) is 20.5 Å². The van der Waals surface area contributed by atoms with Gasteiger partial charge >= 0.3 is 0 Å². The summed E-state index contributed by atoms with van der Waals surface area (Å²) in [4.78, 5) is 16.1. The van der Waals surface area contributed by atoms with Crippen LogP contribution in [0.2, 0.25) is 10.0 Å². The highest BCUT2D eigenvalue weighted by molar-refractivity contribution is 6.39. The van der Waals surface area contributed by atoms with Crippen LogP contribution in [0, 0.1) is 0 Å². The molecule has 0 bridgehead atoms. The van der Waals surface area contributed by atoms with Crippen LogP contribution < -0.4 is 10.6 Å². The van der Waals surface area contributed by atoms with Crippen molar-refractivity contribution in [3.63, 3.8) is 0 Å². The summed E-state index contributed by atoms with van der Waals surface area (Å²) in [5, 5.41) is 14.6. The second-order valence-electron chi connectivity index (χ2n) is 5.07. The minimum absolute atomic E-state index is 0.208. The first-order valence-electron chi connectivity index (χ1n) is 7.35. The summed E-state index contributed by atoms with van der Waals surface area (Å²) < 4.78 is 0. The Balaban J connectivity index is 1.64. The van der Waals surface area contributed by atoms with Crippen LogP contribution >= 0.6 is 23.2 Å². The van der Waals surface area contributed by atoms with Crippen LogP contribution in [0.4, 0.5) is 11.5 Å². The molecule has 25 heavy (non-hydrogen) atoms. The Labute approximate surface area is 154 Å². The molecule has 0 atom stereocenters. The van der Waals surface area contributed by atoms with Gasteiger partial charge in [0.1, 0.15) is 0 Å². The van der Waals surface area contributed by atoms with Crippen molar-refractivity contribution in [3.8, 4) is 0 Å². The fourth-order valence-corrected chi connectivity index (χ4v) is 2.53. The first-order chi connectivity index (χ1) is 12.1. The van der Waals surface area contributed by atoms with Gasteiger partial charge in [0.05, 0.1) is 15.7 Å². The summed E-state index contributed by atoms with van der Waals surface area (Å²) in [6.45, 7) is 0.365. The molecule has 0 fully saturated rings. The maximum absolute atomic E-state index is 12.1. The molecule has 6 nitrogen and oxygen atoms in total. The van der Waals surface area contributed by atoms with Gasteiger partial charge in [0.15, 0.2) is 11.5 Å². The van der Waals surface area contributed by atoms with Crippen molar-refractivity contribution in [1.29, 1.82) is 0 Å². The molecular formula is C17H13Cl2N5O. The van der Waals surface area contributed by atoms with Crippen LogP contribution in [-0.2, 0) is 6.54 Å². The third-order valence-electron chi connectivity index (χ3n) is 3.29. The van der Waals surface area contributed by atoms with E-state index in [4.69, 9.17) is 23.2 Å². The number of carbonyl (C=O) groups is 1. The molecule has 126 valence electrons. The van der Waals surface area contributed by atoms with E-state index in [2.05, 4.69) is 25.8 Å². The molecule has 0 spiro atoms. The Morgan fingerprint density at radius 2 is 1.80 bits per heavy atom. The Morgan fingerprint density at radius 3 is 2.44 bits per heavy atom. The van der Waals surface area contributed by atoms with Crippen molar-refractivity contribution in [2.75, 3.05) is 5.32 Å². The molecule has 0 saturated heterocycles. The number of para-hydroxylation sites is 1. The first-order valence-corrected chi connectivity index (χ1v) is 8.11. The van der Waals surface area contributed by atoms with Crippen LogP contribution in [0.15, 0.2) is 54.9 Å². The number of nitrogens with zero attached hydrogens (tertiary/aromatic N) is 3. The van der Waals surface area contributed by atoms with Crippen molar-refractivity contribution < 1.29 is 4.79 Å². The molecular weight excluding hydrogens is 361 g/mol. The fourth-order valence-electron chi connectivity index (χ4n) is 2.04. The molecule has 0 aliphatic carbocycles. The van der Waals surface area contributed by atoms with E-state index in [-0.39, 0.29) is 11.6 Å². The number of anilines is 2. The Kier molecular flexibility index (Phi) is 5.42. The van der Waals surface area contributed by atoms with Gasteiger partial charge in [-0.15, -0.1) is 10.2 Å². The lowest BCUT2D eigenvalue weighted by Gasteiger charge is -2.09. The number of nitrogens with one attached hydrogen (secondary N) is 2. The lowest BCUT2D eigenvalue weighted by atomic mass is 10.3. The van der Waals surface area contributed by atoms with Crippen LogP contribution in [-0.4, -0.2) is 21.1 Å². The average molecular weight is 374 g/mol. The van der Waals surface area contributed by atoms with E-state index in [1.165, 1.54) is 0 Å². The maximum atomic E-state index is 12.1. The topological polar surface area (TPSA) is 79.8 Å². The standard InChI is InChI=1S/C17H13Cl2N5O/c18-12-4-1-5-13(19)16(12)22-15-7-6-14(23-24-15)17(25)21-10-11-3-2-8-20-9-11/h1-9H,10H2,(H,21,25)(H,22,24). The summed E-state index contributed by atoms with van der Waals surface area (Å²) in [5.41, 5.74) is 1.64. The molecule has 2 aromatic heterocycles. The quantitative estimate of drug-likeness (QED) is 0.709. The highest BCUT2D eigenvalue weighted by atomic mass is 35.5. The van der Waals surface area contributed by atoms with Gasteiger partial charge in [-0.3, -0.25) is 9.78 Å². The summed E-state index contributed by atoms with van der Waals surface area (Å²) in [6, 6.07) is 12.1. The van der Waals surface area contributed by atoms with Gasteiger partial charge in [-0.25, -0.2) is 0 Å². The van der Waals surface area contributed by atoms with Crippen molar-refractivity contribution >= 4 is 40.6 Å². The molecule has 0 radical (unpaired) electrons. The van der Waals surface area contributed by atoms with E-state index in [1.807, 2.05) is 12.1 Å². The van der Waals surface area contributed by atoms with Gasteiger partial charge in [0.25, 0.3) is 5.91 Å². The van der Waals surface area contributed by atoms with E-state index in [0.717, 1.165) is 5.56 Å². The van der Waals surface area contributed by atoms with Crippen molar-refractivity contribution in [2.45, 2.75) is 6.54 Å². The van der Waals surface area contributed by atoms with E-state index in [0.29, 0.717) is 28.1 Å². The van der Waals surface area contributed by atoms with Crippen LogP contribution in [0.1, 0.15) is 16.1 Å². The highest BCUT2D eigenvalue weighted by Gasteiger charge is 2.10. The molecule has 0 saturated carbocycles. The zero-order valence-corrected chi connectivity index (χ0v) is 14.4. The molecule has 0 aliphatic rings. The zero-order chi connectivity index (χ0) is 17.6. The minimum Gasteiger partial charge on any atom is -0.347 e. The third kappa shape index (κ3) is 4.43. The fraction of sp³-hybridized carbons (Fsp3) is 0.0588. The Hall–Kier alpha value is -2.70. The predicted molar refractivity (Wildman–Crippen MR) is 97.2 cm³/mol. The number of aromatic nitrogens is 3. The van der Waals surface area contributed by atoms with Gasteiger partial charge in [-0.2, -0.15) is 0 Å². The predicted octanol–water partition coefficient (Wildman–Crippen LogP) is 3.85. The normalized spacial score (nSPS) is 10.3. The molecule has 1 amide bonds. The van der Waals surface area contributed by atoms with Gasteiger partial charge in [-0.1, -0.05) is 35.3 Å². The molecule has 1 aromatic carbocycles. The van der Waals surface area contributed by atoms with E-state index in [1.54, 1.807) is 42.7 Å². The lowest BCUT2D eigenvalue weighted by molar-refractivity contribution is 0.0945. The summed E-state index contributed by atoms with van der Waals surface area (Å²) >= 11 is 12.2. The number of carbonyl (C=O) groups excluding carboxylic acids is 1. The molecule has 2 N–H and O–H groups in total. The SMILES string of the molecule is O=C(NCc1cccnc1)c1ccc(Nc2c(Cl)cccc2Cl)nn1. The number of hydrogen-bond donors (Lipinski definition) is 2. The number of pyridine rings is 1. The summed E-state index contributed by atoms with van der Waals surface area (Å²) in [7, 11) is 0. The number of hydrogen-bond acceptors (Lipinski definition) is 5. The van der Waals surface area contributed by atoms with E-state index >= 15 is 0 Å². The van der Waals surface area contributed by atoms with Gasteiger partial charge in [0, 0.05) is 18.9 Å². The molecule has 2 heterocycles. The second kappa shape index (κ2) is 7.92. The summed E-state index contributed by atoms with van der Waals surface area (Å²) in [6.07, 6.45) is 3.36. The zero-order valence-electron chi connectivity index (χ0n) is 12.9. The second-order valence-corrected chi connectivity index (χ2v) is 5.88. The minimum atomic E-state index is -0.321. The summed E-state index contributed by atoms with van der Waals surface area (Å²) in [5.74, 6) is 0.109. The lowest BCUT2D eigenvalue weighted by Crippen LogP contribution is -2.24. The number of halogens is 2. The van der Waals surface area contributed by atoms with Crippen molar-refractivity contribution in [3.05, 3.63) is 76.2 Å². The van der Waals surface area contributed by atoms with E-state index in [9.17, 15) is 4.79 Å². The molecule has 8 heteroatoms. The molecule has 0 aliphatic heterocycles. The number of benzene rings is 1. The van der Waals surface area contributed by atoms with Crippen LogP contribution in [0.5, 0.6) is 0 Å². The van der Waals surface area contributed by atoms with E-state index < -0.39 is 0 Å². The highest BCUT2D eigenvalue weighted by Crippen LogP contribution is 2.31. The molecule has 3 aromatic rings. The smallest absolute Gasteiger partial charge is 0.272 e. The van der Waals surface area contributed by atoms with Crippen LogP contribution in [0.25, 0.3) is 0 Å². The Morgan fingerprint density at radius 1 is 1.00 bits per heavy atom. The van der Waals surface area contributed by atoms with Gasteiger partial charge < -0.3 is 10.6 Å². The number of amides is 1. The first kappa shape index (κ1) is 17.1. The van der Waals surface area contributed by atoms with Crippen LogP contribution in [0.3, 0.4) is 0 Å². The Bertz CT molecular complexity index is 852. The maximum Gasteiger partial charge on any atom is 0.272 e. The molecule has 0 unspecified atom stereocenters. The number of rotatable bonds is 5. The average Bonchev–Trinajstić information content (AvgIpc) is 2.64. The van der Waals surface area contributed by atoms with Crippen molar-refractivity contribution in [2.24, 2.45) is 0 Å². The largest absolute Gasteiger partial charge is 0.347 e. The monoisotopic (exact) mass is 373 g/mol. The third-order valence-corrected chi connectivity index (χ3v) is 3.92. The van der Waals surface area contributed by atoms with Gasteiger partial charge in [0.2, 0.25) is 0 Å².